The lowest BCUT2D eigenvalue weighted by atomic mass is 10.0. The predicted octanol–water partition coefficient (Wildman–Crippen LogP) is 7.79. The van der Waals surface area contributed by atoms with Crippen molar-refractivity contribution in [2.75, 3.05) is 0 Å². The van der Waals surface area contributed by atoms with Crippen LogP contribution in [0.2, 0.25) is 0 Å². The first-order chi connectivity index (χ1) is 13.2. The molecular formula is C26H22S. The van der Waals surface area contributed by atoms with E-state index in [-0.39, 0.29) is 0 Å². The minimum Gasteiger partial charge on any atom is -0.0888 e. The zero-order valence-electron chi connectivity index (χ0n) is 15.6. The number of hydrogen-bond donors (Lipinski definition) is 0. The third kappa shape index (κ3) is 3.99. The van der Waals surface area contributed by atoms with Crippen LogP contribution in [-0.2, 0) is 0 Å². The Bertz CT molecular complexity index is 963. The molecule has 0 spiro atoms. The molecule has 0 bridgehead atoms. The van der Waals surface area contributed by atoms with Gasteiger partial charge < -0.3 is 0 Å². The maximum Gasteiger partial charge on any atom is 0.0203 e. The van der Waals surface area contributed by atoms with Gasteiger partial charge in [0.2, 0.25) is 0 Å². The van der Waals surface area contributed by atoms with Crippen LogP contribution < -0.4 is 0 Å². The predicted molar refractivity (Wildman–Crippen MR) is 117 cm³/mol. The Balaban J connectivity index is 1.82. The first-order valence-electron chi connectivity index (χ1n) is 9.21. The minimum absolute atomic E-state index is 1.26. The first kappa shape index (κ1) is 17.6. The van der Waals surface area contributed by atoms with Crippen molar-refractivity contribution in [3.05, 3.63) is 108 Å². The van der Waals surface area contributed by atoms with Crippen LogP contribution in [0.3, 0.4) is 0 Å². The maximum absolute atomic E-state index is 2.30. The maximum atomic E-state index is 2.30. The van der Waals surface area contributed by atoms with Crippen LogP contribution in [0.1, 0.15) is 11.1 Å². The highest BCUT2D eigenvalue weighted by atomic mass is 32.2. The third-order valence-electron chi connectivity index (χ3n) is 4.66. The summed E-state index contributed by atoms with van der Waals surface area (Å²) in [6.07, 6.45) is 0. The topological polar surface area (TPSA) is 0 Å². The summed E-state index contributed by atoms with van der Waals surface area (Å²) in [4.78, 5) is 2.59. The van der Waals surface area contributed by atoms with Crippen molar-refractivity contribution in [3.63, 3.8) is 0 Å². The van der Waals surface area contributed by atoms with E-state index in [0.29, 0.717) is 0 Å². The Morgan fingerprint density at radius 1 is 0.481 bits per heavy atom. The molecule has 0 heterocycles. The van der Waals surface area contributed by atoms with Crippen LogP contribution in [0.15, 0.2) is 107 Å². The van der Waals surface area contributed by atoms with E-state index in [1.165, 1.54) is 43.2 Å². The van der Waals surface area contributed by atoms with E-state index >= 15 is 0 Å². The quantitative estimate of drug-likeness (QED) is 0.355. The van der Waals surface area contributed by atoms with Crippen molar-refractivity contribution in [2.45, 2.75) is 23.6 Å². The summed E-state index contributed by atoms with van der Waals surface area (Å²) < 4.78 is 0. The Hall–Kier alpha value is -2.77. The fraction of sp³-hybridized carbons (Fsp3) is 0.0769. The molecule has 0 unspecified atom stereocenters. The lowest BCUT2D eigenvalue weighted by Crippen LogP contribution is -1.88. The summed E-state index contributed by atoms with van der Waals surface area (Å²) in [7, 11) is 0. The summed E-state index contributed by atoms with van der Waals surface area (Å²) in [6.45, 7) is 4.32. The van der Waals surface area contributed by atoms with Gasteiger partial charge in [0.1, 0.15) is 0 Å². The Morgan fingerprint density at radius 3 is 1.30 bits per heavy atom. The van der Waals surface area contributed by atoms with Crippen LogP contribution in [0.4, 0.5) is 0 Å². The van der Waals surface area contributed by atoms with Gasteiger partial charge in [-0.1, -0.05) is 96.7 Å². The zero-order valence-corrected chi connectivity index (χ0v) is 16.5. The summed E-state index contributed by atoms with van der Waals surface area (Å²) in [6, 6.07) is 34.7. The number of aryl methyl sites for hydroxylation is 2. The number of rotatable bonds is 4. The van der Waals surface area contributed by atoms with E-state index in [1.54, 1.807) is 0 Å². The second-order valence-corrected chi connectivity index (χ2v) is 7.92. The molecule has 4 aromatic rings. The van der Waals surface area contributed by atoms with Gasteiger partial charge in [0.15, 0.2) is 0 Å². The first-order valence-corrected chi connectivity index (χ1v) is 10.0. The number of hydrogen-bond acceptors (Lipinski definition) is 1. The van der Waals surface area contributed by atoms with E-state index < -0.39 is 0 Å². The summed E-state index contributed by atoms with van der Waals surface area (Å²) in [5, 5.41) is 0. The summed E-state index contributed by atoms with van der Waals surface area (Å²) in [5.41, 5.74) is 7.65. The molecule has 132 valence electrons. The van der Waals surface area contributed by atoms with Gasteiger partial charge >= 0.3 is 0 Å². The van der Waals surface area contributed by atoms with E-state index in [9.17, 15) is 0 Å². The van der Waals surface area contributed by atoms with Crippen molar-refractivity contribution in [3.8, 4) is 22.3 Å². The second-order valence-electron chi connectivity index (χ2n) is 6.83. The monoisotopic (exact) mass is 366 g/mol. The number of benzene rings is 4. The van der Waals surface area contributed by atoms with Crippen LogP contribution in [-0.4, -0.2) is 0 Å². The molecule has 4 aromatic carbocycles. The van der Waals surface area contributed by atoms with Gasteiger partial charge in [-0.25, -0.2) is 0 Å². The van der Waals surface area contributed by atoms with Crippen LogP contribution in [0.25, 0.3) is 22.3 Å². The summed E-state index contributed by atoms with van der Waals surface area (Å²) in [5.74, 6) is 0. The molecule has 4 rings (SSSR count). The molecule has 0 radical (unpaired) electrons. The fourth-order valence-corrected chi connectivity index (χ4v) is 4.58. The van der Waals surface area contributed by atoms with Crippen LogP contribution >= 0.6 is 11.8 Å². The van der Waals surface area contributed by atoms with Gasteiger partial charge in [-0.15, -0.1) is 0 Å². The van der Waals surface area contributed by atoms with Gasteiger partial charge in [-0.2, -0.15) is 0 Å². The molecule has 0 aliphatic rings. The van der Waals surface area contributed by atoms with Crippen molar-refractivity contribution in [2.24, 2.45) is 0 Å². The van der Waals surface area contributed by atoms with Gasteiger partial charge in [0.25, 0.3) is 0 Å². The van der Waals surface area contributed by atoms with E-state index in [1.807, 2.05) is 11.8 Å². The third-order valence-corrected chi connectivity index (χ3v) is 5.78. The standard InChI is InChI=1S/C26H22S/c1-19-13-15-23(21-9-5-3-6-10-21)25(17-19)27-26-18-20(2)14-16-24(26)22-11-7-4-8-12-22/h3-18H,1-2H3. The highest BCUT2D eigenvalue weighted by molar-refractivity contribution is 7.99. The molecule has 0 saturated heterocycles. The van der Waals surface area contributed by atoms with Crippen molar-refractivity contribution in [1.29, 1.82) is 0 Å². The van der Waals surface area contributed by atoms with E-state index in [4.69, 9.17) is 0 Å². The van der Waals surface area contributed by atoms with Crippen LogP contribution in [0, 0.1) is 13.8 Å². The molecule has 0 saturated carbocycles. The lowest BCUT2D eigenvalue weighted by Gasteiger charge is -2.14. The van der Waals surface area contributed by atoms with E-state index in [0.717, 1.165) is 0 Å². The molecule has 0 aliphatic carbocycles. The van der Waals surface area contributed by atoms with Crippen molar-refractivity contribution < 1.29 is 0 Å². The van der Waals surface area contributed by atoms with Crippen LogP contribution in [0.5, 0.6) is 0 Å². The molecule has 1 heteroatoms. The van der Waals surface area contributed by atoms with Gasteiger partial charge in [0, 0.05) is 9.79 Å². The molecule has 0 fully saturated rings. The molecular weight excluding hydrogens is 344 g/mol. The van der Waals surface area contributed by atoms with Crippen molar-refractivity contribution >= 4 is 11.8 Å². The molecule has 27 heavy (non-hydrogen) atoms. The van der Waals surface area contributed by atoms with E-state index in [2.05, 4.69) is 111 Å². The molecule has 0 aromatic heterocycles. The highest BCUT2D eigenvalue weighted by Crippen LogP contribution is 2.41. The van der Waals surface area contributed by atoms with Gasteiger partial charge in [0.05, 0.1) is 0 Å². The average Bonchev–Trinajstić information content (AvgIpc) is 2.70. The van der Waals surface area contributed by atoms with Crippen molar-refractivity contribution in [1.82, 2.24) is 0 Å². The average molecular weight is 367 g/mol. The highest BCUT2D eigenvalue weighted by Gasteiger charge is 2.11. The Kier molecular flexibility index (Phi) is 5.13. The molecule has 0 aliphatic heterocycles. The normalized spacial score (nSPS) is 10.7. The van der Waals surface area contributed by atoms with Gasteiger partial charge in [-0.05, 0) is 59.4 Å². The van der Waals surface area contributed by atoms with Gasteiger partial charge in [-0.3, -0.25) is 0 Å². The minimum atomic E-state index is 1.26. The second kappa shape index (κ2) is 7.85. The summed E-state index contributed by atoms with van der Waals surface area (Å²) >= 11 is 1.86. The molecule has 0 nitrogen and oxygen atoms in total. The molecule has 0 atom stereocenters. The fourth-order valence-electron chi connectivity index (χ4n) is 3.26. The molecule has 0 amide bonds. The Labute approximate surface area is 165 Å². The smallest absolute Gasteiger partial charge is 0.0203 e. The zero-order chi connectivity index (χ0) is 18.6. The molecule has 0 N–H and O–H groups in total. The Morgan fingerprint density at radius 2 is 0.889 bits per heavy atom. The lowest BCUT2D eigenvalue weighted by molar-refractivity contribution is 1.32. The SMILES string of the molecule is Cc1ccc(-c2ccccc2)c(Sc2cc(C)ccc2-c2ccccc2)c1. The largest absolute Gasteiger partial charge is 0.0888 e.